The molecule has 136 valence electrons. The number of hydrogen-bond acceptors (Lipinski definition) is 3. The zero-order chi connectivity index (χ0) is 18.7. The van der Waals surface area contributed by atoms with Gasteiger partial charge >= 0.3 is 0 Å². The molecule has 1 fully saturated rings. The first kappa shape index (κ1) is 17.9. The molecule has 0 aromatic heterocycles. The van der Waals surface area contributed by atoms with Gasteiger partial charge < -0.3 is 15.0 Å². The highest BCUT2D eigenvalue weighted by atomic mass is 19.1. The molecule has 2 amide bonds. The summed E-state index contributed by atoms with van der Waals surface area (Å²) < 4.78 is 18.5. The fourth-order valence-corrected chi connectivity index (χ4v) is 3.10. The summed E-state index contributed by atoms with van der Waals surface area (Å²) in [6, 6.07) is 13.0. The van der Waals surface area contributed by atoms with Gasteiger partial charge in [-0.05, 0) is 36.8 Å². The van der Waals surface area contributed by atoms with Gasteiger partial charge in [-0.2, -0.15) is 0 Å². The average Bonchev–Trinajstić information content (AvgIpc) is 3.03. The van der Waals surface area contributed by atoms with Crippen molar-refractivity contribution in [1.82, 2.24) is 5.32 Å². The van der Waals surface area contributed by atoms with Crippen molar-refractivity contribution in [2.45, 2.75) is 19.4 Å². The Bertz CT molecular complexity index is 824. The van der Waals surface area contributed by atoms with Crippen molar-refractivity contribution in [3.8, 4) is 5.75 Å². The fraction of sp³-hybridized carbons (Fsp3) is 0.300. The molecule has 1 N–H and O–H groups in total. The molecule has 2 atom stereocenters. The summed E-state index contributed by atoms with van der Waals surface area (Å²) in [5.74, 6) is -0.436. The van der Waals surface area contributed by atoms with Crippen molar-refractivity contribution in [3.05, 3.63) is 59.9 Å². The monoisotopic (exact) mass is 356 g/mol. The Labute approximate surface area is 151 Å². The number of anilines is 1. The minimum atomic E-state index is -0.440. The molecule has 0 radical (unpaired) electrons. The summed E-state index contributed by atoms with van der Waals surface area (Å²) in [5.41, 5.74) is 1.40. The number of nitrogens with one attached hydrogen (secondary N) is 1. The van der Waals surface area contributed by atoms with Crippen molar-refractivity contribution in [3.63, 3.8) is 0 Å². The van der Waals surface area contributed by atoms with Crippen LogP contribution in [0.15, 0.2) is 48.5 Å². The lowest BCUT2D eigenvalue weighted by Crippen LogP contribution is -2.34. The van der Waals surface area contributed by atoms with E-state index in [2.05, 4.69) is 5.32 Å². The number of hydrogen-bond donors (Lipinski definition) is 1. The van der Waals surface area contributed by atoms with E-state index >= 15 is 0 Å². The van der Waals surface area contributed by atoms with E-state index in [0.29, 0.717) is 23.5 Å². The highest BCUT2D eigenvalue weighted by Gasteiger charge is 2.35. The molecular formula is C20H21FN2O3. The standard InChI is InChI=1S/C20H21FN2O3/c1-13(14-5-3-6-16(21)9-14)22-20(25)15-10-19(24)23(12-15)17-7-4-8-18(11-17)26-2/h3-9,11,13,15H,10,12H2,1-2H3,(H,22,25)/t13-,15+/m1/s1. The average molecular weight is 356 g/mol. The van der Waals surface area contributed by atoms with Crippen molar-refractivity contribution in [2.75, 3.05) is 18.6 Å². The zero-order valence-corrected chi connectivity index (χ0v) is 14.7. The number of amides is 2. The van der Waals surface area contributed by atoms with Crippen LogP contribution in [0.4, 0.5) is 10.1 Å². The summed E-state index contributed by atoms with van der Waals surface area (Å²) in [6.07, 6.45) is 0.152. The molecule has 0 spiro atoms. The predicted octanol–water partition coefficient (Wildman–Crippen LogP) is 3.06. The van der Waals surface area contributed by atoms with Gasteiger partial charge in [-0.1, -0.05) is 18.2 Å². The van der Waals surface area contributed by atoms with Gasteiger partial charge in [-0.15, -0.1) is 0 Å². The Morgan fingerprint density at radius 1 is 1.27 bits per heavy atom. The first-order chi connectivity index (χ1) is 12.5. The smallest absolute Gasteiger partial charge is 0.227 e. The van der Waals surface area contributed by atoms with Crippen LogP contribution < -0.4 is 15.0 Å². The van der Waals surface area contributed by atoms with E-state index in [1.165, 1.54) is 12.1 Å². The van der Waals surface area contributed by atoms with E-state index in [1.807, 2.05) is 6.07 Å². The molecule has 2 aromatic rings. The van der Waals surface area contributed by atoms with Gasteiger partial charge in [-0.3, -0.25) is 9.59 Å². The maximum Gasteiger partial charge on any atom is 0.227 e. The summed E-state index contributed by atoms with van der Waals surface area (Å²) in [4.78, 5) is 26.5. The molecule has 3 rings (SSSR count). The number of benzene rings is 2. The van der Waals surface area contributed by atoms with Crippen LogP contribution in [0, 0.1) is 11.7 Å². The third kappa shape index (κ3) is 3.85. The molecule has 1 aliphatic rings. The third-order valence-electron chi connectivity index (χ3n) is 4.57. The summed E-state index contributed by atoms with van der Waals surface area (Å²) in [7, 11) is 1.56. The van der Waals surface area contributed by atoms with Gasteiger partial charge in [0.15, 0.2) is 0 Å². The molecule has 1 saturated heterocycles. The normalized spacial score (nSPS) is 17.9. The van der Waals surface area contributed by atoms with E-state index in [0.717, 1.165) is 0 Å². The summed E-state index contributed by atoms with van der Waals surface area (Å²) in [5, 5.41) is 2.87. The van der Waals surface area contributed by atoms with Crippen molar-refractivity contribution < 1.29 is 18.7 Å². The number of methoxy groups -OCH3 is 1. The first-order valence-electron chi connectivity index (χ1n) is 8.48. The third-order valence-corrected chi connectivity index (χ3v) is 4.57. The van der Waals surface area contributed by atoms with Crippen LogP contribution in [-0.2, 0) is 9.59 Å². The molecule has 0 bridgehead atoms. The Morgan fingerprint density at radius 3 is 2.77 bits per heavy atom. The van der Waals surface area contributed by atoms with Crippen molar-refractivity contribution >= 4 is 17.5 Å². The first-order valence-corrected chi connectivity index (χ1v) is 8.48. The van der Waals surface area contributed by atoms with Crippen LogP contribution in [0.5, 0.6) is 5.75 Å². The number of nitrogens with zero attached hydrogens (tertiary/aromatic N) is 1. The van der Waals surface area contributed by atoms with Crippen LogP contribution >= 0.6 is 0 Å². The second-order valence-corrected chi connectivity index (χ2v) is 6.39. The van der Waals surface area contributed by atoms with Gasteiger partial charge in [0.2, 0.25) is 11.8 Å². The van der Waals surface area contributed by atoms with Crippen LogP contribution in [0.2, 0.25) is 0 Å². The fourth-order valence-electron chi connectivity index (χ4n) is 3.10. The van der Waals surface area contributed by atoms with Crippen LogP contribution in [0.3, 0.4) is 0 Å². The lowest BCUT2D eigenvalue weighted by molar-refractivity contribution is -0.126. The number of carbonyl (C=O) groups is 2. The largest absolute Gasteiger partial charge is 0.497 e. The van der Waals surface area contributed by atoms with Crippen molar-refractivity contribution in [2.24, 2.45) is 5.92 Å². The molecule has 2 aromatic carbocycles. The van der Waals surface area contributed by atoms with E-state index < -0.39 is 5.92 Å². The highest BCUT2D eigenvalue weighted by Crippen LogP contribution is 2.28. The van der Waals surface area contributed by atoms with E-state index in [9.17, 15) is 14.0 Å². The van der Waals surface area contributed by atoms with Crippen LogP contribution in [0.25, 0.3) is 0 Å². The summed E-state index contributed by atoms with van der Waals surface area (Å²) in [6.45, 7) is 2.11. The molecule has 0 saturated carbocycles. The lowest BCUT2D eigenvalue weighted by atomic mass is 10.0. The molecular weight excluding hydrogens is 335 g/mol. The topological polar surface area (TPSA) is 58.6 Å². The Hall–Kier alpha value is -2.89. The van der Waals surface area contributed by atoms with Crippen molar-refractivity contribution in [1.29, 1.82) is 0 Å². The lowest BCUT2D eigenvalue weighted by Gasteiger charge is -2.19. The van der Waals surface area contributed by atoms with Gasteiger partial charge in [0.25, 0.3) is 0 Å². The van der Waals surface area contributed by atoms with E-state index in [1.54, 1.807) is 49.3 Å². The minimum Gasteiger partial charge on any atom is -0.497 e. The Kier molecular flexibility index (Phi) is 5.21. The van der Waals surface area contributed by atoms with Crippen LogP contribution in [0.1, 0.15) is 24.9 Å². The molecule has 0 aliphatic carbocycles. The van der Waals surface area contributed by atoms with Crippen LogP contribution in [-0.4, -0.2) is 25.5 Å². The molecule has 6 heteroatoms. The number of carbonyl (C=O) groups excluding carboxylic acids is 2. The quantitative estimate of drug-likeness (QED) is 0.896. The van der Waals surface area contributed by atoms with E-state index in [4.69, 9.17) is 4.74 Å². The SMILES string of the molecule is COc1cccc(N2C[C@@H](C(=O)N[C@H](C)c3cccc(F)c3)CC2=O)c1. The molecule has 0 unspecified atom stereocenters. The molecule has 1 aliphatic heterocycles. The molecule has 5 nitrogen and oxygen atoms in total. The second-order valence-electron chi connectivity index (χ2n) is 6.39. The number of ether oxygens (including phenoxy) is 1. The van der Waals surface area contributed by atoms with Gasteiger partial charge in [0.05, 0.1) is 19.1 Å². The Balaban J connectivity index is 1.67. The number of halogens is 1. The maximum absolute atomic E-state index is 13.3. The zero-order valence-electron chi connectivity index (χ0n) is 14.7. The highest BCUT2D eigenvalue weighted by molar-refractivity contribution is 6.00. The molecule has 26 heavy (non-hydrogen) atoms. The Morgan fingerprint density at radius 2 is 2.04 bits per heavy atom. The second kappa shape index (κ2) is 7.56. The predicted molar refractivity (Wildman–Crippen MR) is 96.4 cm³/mol. The van der Waals surface area contributed by atoms with Gasteiger partial charge in [0.1, 0.15) is 11.6 Å². The minimum absolute atomic E-state index is 0.100. The van der Waals surface area contributed by atoms with Gasteiger partial charge in [-0.25, -0.2) is 4.39 Å². The van der Waals surface area contributed by atoms with Gasteiger partial charge in [0, 0.05) is 24.7 Å². The maximum atomic E-state index is 13.3. The molecule has 1 heterocycles. The number of rotatable bonds is 5. The summed E-state index contributed by atoms with van der Waals surface area (Å²) >= 11 is 0. The van der Waals surface area contributed by atoms with E-state index in [-0.39, 0.29) is 30.1 Å².